The van der Waals surface area contributed by atoms with Crippen LogP contribution in [0.2, 0.25) is 0 Å². The molecule has 3 aromatic rings. The van der Waals surface area contributed by atoms with Gasteiger partial charge in [0, 0.05) is 47.9 Å². The molecule has 1 amide bonds. The zero-order chi connectivity index (χ0) is 29.1. The molecule has 0 saturated carbocycles. The third kappa shape index (κ3) is 6.93. The van der Waals surface area contributed by atoms with Crippen LogP contribution in [-0.2, 0) is 12.0 Å². The van der Waals surface area contributed by atoms with Gasteiger partial charge < -0.3 is 16.0 Å². The van der Waals surface area contributed by atoms with E-state index in [1.165, 1.54) is 11.9 Å². The second kappa shape index (κ2) is 12.1. The van der Waals surface area contributed by atoms with Crippen LogP contribution < -0.4 is 20.7 Å². The predicted octanol–water partition coefficient (Wildman–Crippen LogP) is 6.25. The maximum absolute atomic E-state index is 13.5. The summed E-state index contributed by atoms with van der Waals surface area (Å²) >= 11 is 1.21. The Labute approximate surface area is 243 Å². The lowest BCUT2D eigenvalue weighted by Crippen LogP contribution is -2.40. The van der Waals surface area contributed by atoms with E-state index in [1.807, 2.05) is 48.7 Å². The average Bonchev–Trinajstić information content (AvgIpc) is 3.21. The van der Waals surface area contributed by atoms with Crippen molar-refractivity contribution in [2.24, 2.45) is 11.7 Å². The molecule has 0 radical (unpaired) electrons. The number of nitrogens with zero attached hydrogens (tertiary/aromatic N) is 4. The average molecular weight is 562 g/mol. The zero-order valence-electron chi connectivity index (χ0n) is 24.8. The molecule has 0 aliphatic carbocycles. The second-order valence-electron chi connectivity index (χ2n) is 12.3. The summed E-state index contributed by atoms with van der Waals surface area (Å²) in [6.07, 6.45) is 3.71. The van der Waals surface area contributed by atoms with Gasteiger partial charge in [0.2, 0.25) is 0 Å². The minimum Gasteiger partial charge on any atom is -0.362 e. The number of aromatic nitrogens is 3. The fourth-order valence-corrected chi connectivity index (χ4v) is 5.84. The summed E-state index contributed by atoms with van der Waals surface area (Å²) in [5.41, 5.74) is 9.00. The van der Waals surface area contributed by atoms with Gasteiger partial charge in [0.05, 0.1) is 17.3 Å². The van der Waals surface area contributed by atoms with Crippen molar-refractivity contribution >= 4 is 29.5 Å². The maximum atomic E-state index is 13.5. The minimum absolute atomic E-state index is 0.00957. The lowest BCUT2D eigenvalue weighted by atomic mass is 9.91. The summed E-state index contributed by atoms with van der Waals surface area (Å²) in [7, 11) is 0. The molecule has 2 atom stereocenters. The first kappa shape index (κ1) is 29.8. The van der Waals surface area contributed by atoms with E-state index in [0.29, 0.717) is 23.1 Å². The van der Waals surface area contributed by atoms with Crippen molar-refractivity contribution in [1.82, 2.24) is 19.7 Å². The van der Waals surface area contributed by atoms with Crippen LogP contribution >= 0.6 is 11.9 Å². The van der Waals surface area contributed by atoms with E-state index < -0.39 is 0 Å². The molecule has 2 unspecified atom stereocenters. The van der Waals surface area contributed by atoms with Crippen molar-refractivity contribution in [2.45, 2.75) is 89.9 Å². The Morgan fingerprint density at radius 3 is 2.55 bits per heavy atom. The molecule has 0 aromatic carbocycles. The normalized spacial score (nSPS) is 17.5. The third-order valence-corrected chi connectivity index (χ3v) is 8.08. The van der Waals surface area contributed by atoms with Crippen molar-refractivity contribution in [2.75, 3.05) is 16.8 Å². The van der Waals surface area contributed by atoms with Gasteiger partial charge in [-0.3, -0.25) is 14.5 Å². The van der Waals surface area contributed by atoms with E-state index in [-0.39, 0.29) is 22.9 Å². The molecule has 40 heavy (non-hydrogen) atoms. The topological polar surface area (TPSA) is 109 Å². The Hall–Kier alpha value is -3.17. The number of hydrogen-bond donors (Lipinski definition) is 3. The summed E-state index contributed by atoms with van der Waals surface area (Å²) in [5.74, 6) is 1.82. The molecule has 0 bridgehead atoms. The van der Waals surface area contributed by atoms with Gasteiger partial charge in [0.15, 0.2) is 0 Å². The smallest absolute Gasteiger partial charge is 0.265 e. The molecular weight excluding hydrogens is 518 g/mol. The quantitative estimate of drug-likeness (QED) is 0.263. The number of nitrogens with one attached hydrogen (secondary N) is 2. The van der Waals surface area contributed by atoms with Crippen LogP contribution in [0.1, 0.15) is 94.7 Å². The monoisotopic (exact) mass is 561 g/mol. The van der Waals surface area contributed by atoms with Gasteiger partial charge >= 0.3 is 0 Å². The fraction of sp³-hybridized carbons (Fsp3) is 0.484. The van der Waals surface area contributed by atoms with E-state index in [0.717, 1.165) is 48.0 Å². The zero-order valence-corrected chi connectivity index (χ0v) is 25.6. The van der Waals surface area contributed by atoms with Crippen LogP contribution in [0.4, 0.5) is 11.6 Å². The lowest BCUT2D eigenvalue weighted by molar-refractivity contribution is 0.0984. The van der Waals surface area contributed by atoms with Gasteiger partial charge in [-0.25, -0.2) is 9.97 Å². The molecule has 4 rings (SSSR count). The van der Waals surface area contributed by atoms with Gasteiger partial charge in [0.25, 0.3) is 5.91 Å². The van der Waals surface area contributed by atoms with Gasteiger partial charge in [-0.05, 0) is 68.5 Å². The van der Waals surface area contributed by atoms with Crippen molar-refractivity contribution in [3.8, 4) is 0 Å². The van der Waals surface area contributed by atoms with E-state index >= 15 is 0 Å². The third-order valence-electron chi connectivity index (χ3n) is 7.36. The van der Waals surface area contributed by atoms with Crippen LogP contribution in [0.5, 0.6) is 0 Å². The van der Waals surface area contributed by atoms with Gasteiger partial charge in [-0.15, -0.1) is 0 Å². The Bertz CT molecular complexity index is 1320. The molecule has 1 saturated heterocycles. The number of carbonyl (C=O) groups is 1. The summed E-state index contributed by atoms with van der Waals surface area (Å²) in [4.78, 5) is 30.2. The summed E-state index contributed by atoms with van der Waals surface area (Å²) in [6, 6.07) is 13.6. The summed E-state index contributed by atoms with van der Waals surface area (Å²) in [5, 5.41) is 4.16. The number of carbonyl (C=O) groups excluding carboxylic acids is 1. The van der Waals surface area contributed by atoms with Crippen LogP contribution in [0.25, 0.3) is 0 Å². The maximum Gasteiger partial charge on any atom is 0.265 e. The van der Waals surface area contributed by atoms with Crippen LogP contribution in [0.15, 0.2) is 53.7 Å². The molecule has 3 aromatic heterocycles. The Kier molecular flexibility index (Phi) is 9.05. The highest BCUT2D eigenvalue weighted by atomic mass is 32.2. The number of hydrogen-bond acceptors (Lipinski definition) is 8. The highest BCUT2D eigenvalue weighted by Crippen LogP contribution is 2.38. The largest absolute Gasteiger partial charge is 0.362 e. The van der Waals surface area contributed by atoms with Crippen molar-refractivity contribution in [3.63, 3.8) is 0 Å². The first-order chi connectivity index (χ1) is 18.9. The number of rotatable bonds is 9. The predicted molar refractivity (Wildman–Crippen MR) is 164 cm³/mol. The van der Waals surface area contributed by atoms with E-state index in [4.69, 9.17) is 15.7 Å². The van der Waals surface area contributed by atoms with Gasteiger partial charge in [-0.1, -0.05) is 46.8 Å². The number of anilines is 2. The number of amides is 1. The minimum atomic E-state index is -0.181. The number of pyridine rings is 3. The highest BCUT2D eigenvalue weighted by Gasteiger charge is 2.39. The molecule has 4 N–H and O–H groups in total. The molecule has 0 spiro atoms. The van der Waals surface area contributed by atoms with E-state index in [1.54, 1.807) is 0 Å². The van der Waals surface area contributed by atoms with Crippen molar-refractivity contribution in [3.05, 3.63) is 71.2 Å². The lowest BCUT2D eigenvalue weighted by Gasteiger charge is -2.34. The molecule has 1 aliphatic heterocycles. The Morgan fingerprint density at radius 2 is 1.95 bits per heavy atom. The fourth-order valence-electron chi connectivity index (χ4n) is 5.24. The number of nitrogens with two attached hydrogens (primary N) is 1. The second-order valence-corrected chi connectivity index (χ2v) is 13.2. The first-order valence-corrected chi connectivity index (χ1v) is 14.9. The molecule has 4 heterocycles. The summed E-state index contributed by atoms with van der Waals surface area (Å²) < 4.78 is 3.01. The molecule has 8 nitrogen and oxygen atoms in total. The SMILES string of the molecule is CCC(Nc1cccc(SNC(=O)c2ccc(C(C)(C)C)nc2N2CC(C)CC2(C)C)n1)c1ccc(CN)cn1. The molecular formula is C31H43N7OS. The molecule has 214 valence electrons. The van der Waals surface area contributed by atoms with Gasteiger partial charge in [-0.2, -0.15) is 0 Å². The molecule has 1 aliphatic rings. The van der Waals surface area contributed by atoms with Crippen molar-refractivity contribution < 1.29 is 4.79 Å². The van der Waals surface area contributed by atoms with Crippen LogP contribution in [0, 0.1) is 5.92 Å². The van der Waals surface area contributed by atoms with E-state index in [9.17, 15) is 4.79 Å². The van der Waals surface area contributed by atoms with E-state index in [2.05, 4.69) is 68.4 Å². The van der Waals surface area contributed by atoms with Crippen LogP contribution in [-0.4, -0.2) is 32.9 Å². The van der Waals surface area contributed by atoms with Crippen LogP contribution in [0.3, 0.4) is 0 Å². The molecule has 1 fully saturated rings. The van der Waals surface area contributed by atoms with Gasteiger partial charge in [0.1, 0.15) is 16.7 Å². The van der Waals surface area contributed by atoms with Crippen molar-refractivity contribution in [1.29, 1.82) is 0 Å². The molecule has 9 heteroatoms. The Balaban J connectivity index is 1.51. The first-order valence-electron chi connectivity index (χ1n) is 14.1. The Morgan fingerprint density at radius 1 is 1.18 bits per heavy atom. The summed E-state index contributed by atoms with van der Waals surface area (Å²) in [6.45, 7) is 16.6. The highest BCUT2D eigenvalue weighted by molar-refractivity contribution is 7.97. The standard InChI is InChI=1S/C31H43N7OS/c1-8-23(24-14-12-21(17-32)18-33-24)34-26-10-9-11-27(36-26)40-37-29(39)22-13-15-25(30(3,4)5)35-28(22)38-19-20(2)16-31(38,6)7/h9-15,18,20,23H,8,16-17,19,32H2,1-7H3,(H,34,36)(H,37,39).